The van der Waals surface area contributed by atoms with Crippen molar-refractivity contribution in [2.75, 3.05) is 32.7 Å². The second kappa shape index (κ2) is 5.43. The number of hydrogen-bond acceptors (Lipinski definition) is 3. The number of carbonyl (C=O) groups excluding carboxylic acids is 1. The van der Waals surface area contributed by atoms with E-state index in [1.165, 1.54) is 24.0 Å². The van der Waals surface area contributed by atoms with Gasteiger partial charge in [-0.15, -0.1) is 0 Å². The van der Waals surface area contributed by atoms with Crippen LogP contribution in [0.5, 0.6) is 0 Å². The Morgan fingerprint density at radius 1 is 1.10 bits per heavy atom. The molecule has 3 aliphatic rings. The molecule has 2 heterocycles. The van der Waals surface area contributed by atoms with Gasteiger partial charge in [0, 0.05) is 45.3 Å². The third-order valence-corrected chi connectivity index (χ3v) is 5.08. The standard InChI is InChI=1S/C17H23N3O/c21-17(20-9-7-19(8-10-20)14-5-6-14)16-12-18-11-13-3-1-2-4-15(13)16/h1-4,14,16,18H,5-12H2. The zero-order valence-corrected chi connectivity index (χ0v) is 12.4. The average Bonchev–Trinajstić information content (AvgIpc) is 3.39. The van der Waals surface area contributed by atoms with Gasteiger partial charge in [-0.1, -0.05) is 24.3 Å². The molecule has 0 aromatic heterocycles. The second-order valence-corrected chi connectivity index (χ2v) is 6.47. The van der Waals surface area contributed by atoms with E-state index in [0.29, 0.717) is 5.91 Å². The number of hydrogen-bond donors (Lipinski definition) is 1. The normalized spacial score (nSPS) is 26.5. The Balaban J connectivity index is 1.46. The molecule has 1 aliphatic carbocycles. The predicted octanol–water partition coefficient (Wildman–Crippen LogP) is 1.18. The van der Waals surface area contributed by atoms with Crippen molar-refractivity contribution in [2.45, 2.75) is 31.3 Å². The molecule has 1 aromatic carbocycles. The summed E-state index contributed by atoms with van der Waals surface area (Å²) in [5.74, 6) is 0.313. The van der Waals surface area contributed by atoms with Crippen LogP contribution in [0, 0.1) is 0 Å². The van der Waals surface area contributed by atoms with E-state index in [4.69, 9.17) is 0 Å². The van der Waals surface area contributed by atoms with Gasteiger partial charge in [0.05, 0.1) is 5.92 Å². The van der Waals surface area contributed by atoms with Crippen molar-refractivity contribution in [3.05, 3.63) is 35.4 Å². The van der Waals surface area contributed by atoms with Gasteiger partial charge in [0.2, 0.25) is 5.91 Å². The third kappa shape index (κ3) is 2.58. The number of nitrogens with one attached hydrogen (secondary N) is 1. The summed E-state index contributed by atoms with van der Waals surface area (Å²) in [6.07, 6.45) is 2.71. The molecule has 4 heteroatoms. The molecule has 1 aromatic rings. The minimum Gasteiger partial charge on any atom is -0.340 e. The van der Waals surface area contributed by atoms with Gasteiger partial charge in [-0.25, -0.2) is 0 Å². The fourth-order valence-corrected chi connectivity index (χ4v) is 3.68. The summed E-state index contributed by atoms with van der Waals surface area (Å²) in [7, 11) is 0. The van der Waals surface area contributed by atoms with Crippen LogP contribution in [0.1, 0.15) is 29.9 Å². The van der Waals surface area contributed by atoms with Crippen LogP contribution in [0.15, 0.2) is 24.3 Å². The van der Waals surface area contributed by atoms with Crippen molar-refractivity contribution < 1.29 is 4.79 Å². The van der Waals surface area contributed by atoms with Crippen molar-refractivity contribution >= 4 is 5.91 Å². The number of piperazine rings is 1. The molecular weight excluding hydrogens is 262 g/mol. The van der Waals surface area contributed by atoms with Gasteiger partial charge in [0.1, 0.15) is 0 Å². The summed E-state index contributed by atoms with van der Waals surface area (Å²) in [6, 6.07) is 9.18. The van der Waals surface area contributed by atoms with Crippen LogP contribution >= 0.6 is 0 Å². The van der Waals surface area contributed by atoms with Gasteiger partial charge >= 0.3 is 0 Å². The molecule has 1 saturated heterocycles. The Morgan fingerprint density at radius 2 is 1.86 bits per heavy atom. The van der Waals surface area contributed by atoms with Gasteiger partial charge in [0.25, 0.3) is 0 Å². The summed E-state index contributed by atoms with van der Waals surface area (Å²) in [5.41, 5.74) is 2.50. The first-order valence-electron chi connectivity index (χ1n) is 8.14. The Bertz CT molecular complexity index is 533. The lowest BCUT2D eigenvalue weighted by atomic mass is 9.89. The van der Waals surface area contributed by atoms with E-state index in [-0.39, 0.29) is 5.92 Å². The maximum absolute atomic E-state index is 12.9. The van der Waals surface area contributed by atoms with Crippen molar-refractivity contribution in [3.8, 4) is 0 Å². The van der Waals surface area contributed by atoms with E-state index in [1.54, 1.807) is 0 Å². The van der Waals surface area contributed by atoms with Gasteiger partial charge in [-0.05, 0) is 24.0 Å². The molecule has 1 unspecified atom stereocenters. The Hall–Kier alpha value is -1.39. The van der Waals surface area contributed by atoms with E-state index < -0.39 is 0 Å². The molecule has 0 spiro atoms. The summed E-state index contributed by atoms with van der Waals surface area (Å²) in [5, 5.41) is 3.39. The fraction of sp³-hybridized carbons (Fsp3) is 0.588. The molecule has 1 N–H and O–H groups in total. The van der Waals surface area contributed by atoms with Crippen molar-refractivity contribution in [2.24, 2.45) is 0 Å². The maximum Gasteiger partial charge on any atom is 0.231 e. The van der Waals surface area contributed by atoms with E-state index in [2.05, 4.69) is 39.4 Å². The summed E-state index contributed by atoms with van der Waals surface area (Å²) in [6.45, 7) is 5.56. The quantitative estimate of drug-likeness (QED) is 0.886. The Labute approximate surface area is 126 Å². The highest BCUT2D eigenvalue weighted by Crippen LogP contribution is 2.29. The van der Waals surface area contributed by atoms with Gasteiger partial charge in [-0.3, -0.25) is 9.69 Å². The topological polar surface area (TPSA) is 35.6 Å². The lowest BCUT2D eigenvalue weighted by Gasteiger charge is -2.37. The molecule has 4 nitrogen and oxygen atoms in total. The molecule has 0 radical (unpaired) electrons. The van der Waals surface area contributed by atoms with Gasteiger partial charge < -0.3 is 10.2 Å². The SMILES string of the molecule is O=C(C1CNCc2ccccc21)N1CCN(C2CC2)CC1. The first kappa shape index (κ1) is 13.3. The number of fused-ring (bicyclic) bond motifs is 1. The summed E-state index contributed by atoms with van der Waals surface area (Å²) >= 11 is 0. The zero-order chi connectivity index (χ0) is 14.2. The van der Waals surface area contributed by atoms with Crippen LogP contribution in [-0.2, 0) is 11.3 Å². The predicted molar refractivity (Wildman–Crippen MR) is 82.1 cm³/mol. The second-order valence-electron chi connectivity index (χ2n) is 6.47. The highest BCUT2D eigenvalue weighted by molar-refractivity contribution is 5.85. The lowest BCUT2D eigenvalue weighted by Crippen LogP contribution is -2.51. The van der Waals surface area contributed by atoms with Crippen LogP contribution < -0.4 is 5.32 Å². The van der Waals surface area contributed by atoms with Crippen LogP contribution in [0.4, 0.5) is 0 Å². The monoisotopic (exact) mass is 285 g/mol. The van der Waals surface area contributed by atoms with Crippen LogP contribution in [-0.4, -0.2) is 54.5 Å². The van der Waals surface area contributed by atoms with Gasteiger partial charge in [0.15, 0.2) is 0 Å². The van der Waals surface area contributed by atoms with E-state index in [0.717, 1.165) is 45.3 Å². The molecule has 1 atom stereocenters. The van der Waals surface area contributed by atoms with Crippen molar-refractivity contribution in [1.82, 2.24) is 15.1 Å². The minimum absolute atomic E-state index is 0.00225. The van der Waals surface area contributed by atoms with Gasteiger partial charge in [-0.2, -0.15) is 0 Å². The molecule has 1 saturated carbocycles. The first-order valence-corrected chi connectivity index (χ1v) is 8.14. The molecule has 0 bridgehead atoms. The number of nitrogens with zero attached hydrogens (tertiary/aromatic N) is 2. The average molecular weight is 285 g/mol. The number of rotatable bonds is 2. The maximum atomic E-state index is 12.9. The molecule has 112 valence electrons. The smallest absolute Gasteiger partial charge is 0.231 e. The van der Waals surface area contributed by atoms with Crippen LogP contribution in [0.3, 0.4) is 0 Å². The Morgan fingerprint density at radius 3 is 2.62 bits per heavy atom. The highest BCUT2D eigenvalue weighted by atomic mass is 16.2. The van der Waals surface area contributed by atoms with Crippen molar-refractivity contribution in [1.29, 1.82) is 0 Å². The lowest BCUT2D eigenvalue weighted by molar-refractivity contribution is -0.134. The van der Waals surface area contributed by atoms with Crippen molar-refractivity contribution in [3.63, 3.8) is 0 Å². The molecule has 2 aliphatic heterocycles. The fourth-order valence-electron chi connectivity index (χ4n) is 3.68. The number of benzene rings is 1. The number of amides is 1. The molecular formula is C17H23N3O. The van der Waals surface area contributed by atoms with Crippen LogP contribution in [0.25, 0.3) is 0 Å². The molecule has 21 heavy (non-hydrogen) atoms. The molecule has 4 rings (SSSR count). The summed E-state index contributed by atoms with van der Waals surface area (Å²) in [4.78, 5) is 17.5. The highest BCUT2D eigenvalue weighted by Gasteiger charge is 2.35. The largest absolute Gasteiger partial charge is 0.340 e. The molecule has 1 amide bonds. The molecule has 2 fully saturated rings. The number of carbonyl (C=O) groups is 1. The van der Waals surface area contributed by atoms with E-state index in [9.17, 15) is 4.79 Å². The zero-order valence-electron chi connectivity index (χ0n) is 12.4. The van der Waals surface area contributed by atoms with E-state index >= 15 is 0 Å². The first-order chi connectivity index (χ1) is 10.3. The third-order valence-electron chi connectivity index (χ3n) is 5.08. The summed E-state index contributed by atoms with van der Waals surface area (Å²) < 4.78 is 0. The van der Waals surface area contributed by atoms with Crippen LogP contribution in [0.2, 0.25) is 0 Å². The van der Waals surface area contributed by atoms with E-state index in [1.807, 2.05) is 0 Å². The minimum atomic E-state index is 0.00225. The Kier molecular flexibility index (Phi) is 3.43.